The first-order valence-corrected chi connectivity index (χ1v) is 11.7. The third kappa shape index (κ3) is 9.53. The summed E-state index contributed by atoms with van der Waals surface area (Å²) in [6.45, 7) is 0.0864. The molecule has 0 atom stereocenters. The molecule has 0 radical (unpaired) electrons. The summed E-state index contributed by atoms with van der Waals surface area (Å²) in [4.78, 5) is 24.4. The second kappa shape index (κ2) is 13.2. The van der Waals surface area contributed by atoms with Gasteiger partial charge in [-0.15, -0.1) is 0 Å². The van der Waals surface area contributed by atoms with Gasteiger partial charge in [0, 0.05) is 30.3 Å². The topological polar surface area (TPSA) is 114 Å². The van der Waals surface area contributed by atoms with E-state index >= 15 is 0 Å². The number of ether oxygens (including phenoxy) is 3. The number of hydrogen-bond donors (Lipinski definition) is 2. The number of alkyl halides is 3. The zero-order valence-electron chi connectivity index (χ0n) is 20.4. The van der Waals surface area contributed by atoms with Crippen molar-refractivity contribution >= 4 is 29.4 Å². The summed E-state index contributed by atoms with van der Waals surface area (Å²) in [5.41, 5.74) is 14.5. The quantitative estimate of drug-likeness (QED) is 0.110. The highest BCUT2D eigenvalue weighted by atomic mass is 19.4. The maximum Gasteiger partial charge on any atom is 0.389 e. The molecule has 0 unspecified atom stereocenters. The Labute approximate surface area is 217 Å². The van der Waals surface area contributed by atoms with Crippen LogP contribution in [0.2, 0.25) is 0 Å². The average Bonchev–Trinajstić information content (AvgIpc) is 2.87. The van der Waals surface area contributed by atoms with Crippen LogP contribution >= 0.6 is 0 Å². The minimum atomic E-state index is -4.21. The summed E-state index contributed by atoms with van der Waals surface area (Å²) in [6, 6.07) is 17.6. The highest BCUT2D eigenvalue weighted by molar-refractivity contribution is 5.91. The minimum absolute atomic E-state index is 0.0735. The lowest BCUT2D eigenvalue weighted by atomic mass is 10.1. The molecule has 0 spiro atoms. The Bertz CT molecular complexity index is 1260. The highest BCUT2D eigenvalue weighted by Crippen LogP contribution is 2.23. The molecule has 0 bridgehead atoms. The number of esters is 2. The van der Waals surface area contributed by atoms with Gasteiger partial charge in [-0.2, -0.15) is 13.2 Å². The van der Waals surface area contributed by atoms with Gasteiger partial charge in [-0.25, -0.2) is 9.59 Å². The van der Waals surface area contributed by atoms with Crippen LogP contribution in [0.5, 0.6) is 11.5 Å². The molecule has 3 aromatic carbocycles. The predicted molar refractivity (Wildman–Crippen MR) is 138 cm³/mol. The van der Waals surface area contributed by atoms with E-state index < -0.39 is 24.5 Å². The van der Waals surface area contributed by atoms with E-state index in [9.17, 15) is 22.8 Å². The summed E-state index contributed by atoms with van der Waals surface area (Å²) < 4.78 is 52.3. The van der Waals surface area contributed by atoms with Crippen molar-refractivity contribution in [3.63, 3.8) is 0 Å². The van der Waals surface area contributed by atoms with Gasteiger partial charge < -0.3 is 25.7 Å². The van der Waals surface area contributed by atoms with E-state index in [2.05, 4.69) is 0 Å². The number of nitrogen functional groups attached to an aromatic ring is 2. The lowest BCUT2D eigenvalue weighted by molar-refractivity contribution is -0.138. The van der Waals surface area contributed by atoms with Gasteiger partial charge in [0.1, 0.15) is 11.5 Å². The van der Waals surface area contributed by atoms with Crippen LogP contribution in [0.1, 0.15) is 34.3 Å². The van der Waals surface area contributed by atoms with Crippen LogP contribution in [-0.4, -0.2) is 31.3 Å². The second-order valence-corrected chi connectivity index (χ2v) is 8.26. The van der Waals surface area contributed by atoms with Gasteiger partial charge in [0.25, 0.3) is 0 Å². The largest absolute Gasteiger partial charge is 0.494 e. The zero-order chi connectivity index (χ0) is 27.5. The Hall–Kier alpha value is -4.47. The van der Waals surface area contributed by atoms with Crippen LogP contribution in [0.3, 0.4) is 0 Å². The normalized spacial score (nSPS) is 11.3. The SMILES string of the molecule is Nc1ccc(CCOC(=O)C=Cc2ccc(C(=O)Oc3ccc(OCCCC(F)(F)F)cc3)cc2)c(N)c1. The van der Waals surface area contributed by atoms with E-state index in [4.69, 9.17) is 25.7 Å². The fraction of sp³-hybridized carbons (Fsp3) is 0.214. The molecule has 3 aromatic rings. The van der Waals surface area contributed by atoms with Crippen molar-refractivity contribution in [3.8, 4) is 11.5 Å². The molecular formula is C28H27F3N2O5. The lowest BCUT2D eigenvalue weighted by Gasteiger charge is -2.09. The minimum Gasteiger partial charge on any atom is -0.494 e. The summed E-state index contributed by atoms with van der Waals surface area (Å²) in [6.07, 6.45) is -1.97. The summed E-state index contributed by atoms with van der Waals surface area (Å²) >= 11 is 0. The monoisotopic (exact) mass is 528 g/mol. The number of carbonyl (C=O) groups is 2. The fourth-order valence-corrected chi connectivity index (χ4v) is 3.28. The Balaban J connectivity index is 1.42. The molecule has 0 aromatic heterocycles. The van der Waals surface area contributed by atoms with Gasteiger partial charge in [0.15, 0.2) is 0 Å². The Morgan fingerprint density at radius 2 is 1.55 bits per heavy atom. The van der Waals surface area contributed by atoms with E-state index in [1.54, 1.807) is 48.5 Å². The maximum absolute atomic E-state index is 12.4. The number of rotatable bonds is 11. The van der Waals surface area contributed by atoms with Crippen molar-refractivity contribution in [2.24, 2.45) is 0 Å². The molecule has 0 saturated heterocycles. The molecular weight excluding hydrogens is 501 g/mol. The average molecular weight is 529 g/mol. The molecule has 3 rings (SSSR count). The lowest BCUT2D eigenvalue weighted by Crippen LogP contribution is -2.10. The van der Waals surface area contributed by atoms with Gasteiger partial charge >= 0.3 is 18.1 Å². The molecule has 0 heterocycles. The smallest absolute Gasteiger partial charge is 0.389 e. The molecule has 0 fully saturated rings. The molecule has 0 amide bonds. The Kier molecular flexibility index (Phi) is 9.75. The predicted octanol–water partition coefficient (Wildman–Crippen LogP) is 5.59. The number of anilines is 2. The molecule has 0 saturated carbocycles. The van der Waals surface area contributed by atoms with Gasteiger partial charge in [-0.3, -0.25) is 0 Å². The van der Waals surface area contributed by atoms with Crippen molar-refractivity contribution in [1.82, 2.24) is 0 Å². The number of nitrogens with two attached hydrogens (primary N) is 2. The molecule has 0 aliphatic rings. The van der Waals surface area contributed by atoms with Crippen LogP contribution in [-0.2, 0) is 16.0 Å². The van der Waals surface area contributed by atoms with Crippen LogP contribution in [0, 0.1) is 0 Å². The summed E-state index contributed by atoms with van der Waals surface area (Å²) in [5, 5.41) is 0. The molecule has 10 heteroatoms. The van der Waals surface area contributed by atoms with E-state index in [1.165, 1.54) is 30.3 Å². The summed E-state index contributed by atoms with van der Waals surface area (Å²) in [5.74, 6) is -0.489. The number of benzene rings is 3. The van der Waals surface area contributed by atoms with E-state index in [1.807, 2.05) is 0 Å². The maximum atomic E-state index is 12.4. The van der Waals surface area contributed by atoms with Gasteiger partial charge in [-0.05, 0) is 72.2 Å². The molecule has 0 aliphatic carbocycles. The summed E-state index contributed by atoms with van der Waals surface area (Å²) in [7, 11) is 0. The van der Waals surface area contributed by atoms with Crippen molar-refractivity contribution in [1.29, 1.82) is 0 Å². The van der Waals surface area contributed by atoms with Crippen LogP contribution in [0.4, 0.5) is 24.5 Å². The van der Waals surface area contributed by atoms with Crippen molar-refractivity contribution in [3.05, 3.63) is 89.5 Å². The van der Waals surface area contributed by atoms with E-state index in [0.29, 0.717) is 34.7 Å². The fourth-order valence-electron chi connectivity index (χ4n) is 3.28. The molecule has 4 N–H and O–H groups in total. The second-order valence-electron chi connectivity index (χ2n) is 8.26. The van der Waals surface area contributed by atoms with Gasteiger partial charge in [0.05, 0.1) is 18.8 Å². The first-order valence-electron chi connectivity index (χ1n) is 11.7. The zero-order valence-corrected chi connectivity index (χ0v) is 20.4. The molecule has 38 heavy (non-hydrogen) atoms. The van der Waals surface area contributed by atoms with Crippen molar-refractivity contribution in [2.45, 2.75) is 25.4 Å². The number of halogens is 3. The third-order valence-corrected chi connectivity index (χ3v) is 5.25. The number of carbonyl (C=O) groups excluding carboxylic acids is 2. The molecule has 200 valence electrons. The molecule has 7 nitrogen and oxygen atoms in total. The van der Waals surface area contributed by atoms with Crippen LogP contribution in [0.15, 0.2) is 72.8 Å². The highest BCUT2D eigenvalue weighted by Gasteiger charge is 2.26. The first-order chi connectivity index (χ1) is 18.1. The van der Waals surface area contributed by atoms with Gasteiger partial charge in [0.2, 0.25) is 0 Å². The Morgan fingerprint density at radius 1 is 0.868 bits per heavy atom. The van der Waals surface area contributed by atoms with Crippen molar-refractivity contribution in [2.75, 3.05) is 24.7 Å². The van der Waals surface area contributed by atoms with Gasteiger partial charge in [-0.1, -0.05) is 18.2 Å². The number of hydrogen-bond acceptors (Lipinski definition) is 7. The molecule has 0 aliphatic heterocycles. The third-order valence-electron chi connectivity index (χ3n) is 5.25. The van der Waals surface area contributed by atoms with E-state index in [0.717, 1.165) is 5.56 Å². The standard InChI is InChI=1S/C28H27F3N2O5/c29-28(30,31)15-1-16-36-23-9-11-24(12-10-23)38-27(35)21-5-2-19(3-6-21)4-13-26(34)37-17-14-20-7-8-22(32)18-25(20)33/h2-13,18H,1,14-17,32-33H2. The van der Waals surface area contributed by atoms with Crippen LogP contribution in [0.25, 0.3) is 6.08 Å². The van der Waals surface area contributed by atoms with Crippen molar-refractivity contribution < 1.29 is 37.0 Å². The van der Waals surface area contributed by atoms with Crippen LogP contribution < -0.4 is 20.9 Å². The Morgan fingerprint density at radius 3 is 2.21 bits per heavy atom. The van der Waals surface area contributed by atoms with E-state index in [-0.39, 0.29) is 25.4 Å². The first kappa shape index (κ1) is 28.1.